The number of nitrogens with zero attached hydrogens (tertiary/aromatic N) is 1. The highest BCUT2D eigenvalue weighted by Gasteiger charge is 2.04. The Hall–Kier alpha value is -0.870. The van der Waals surface area contributed by atoms with Gasteiger partial charge in [0.25, 0.3) is 0 Å². The summed E-state index contributed by atoms with van der Waals surface area (Å²) in [5.41, 5.74) is 1.91. The van der Waals surface area contributed by atoms with E-state index in [2.05, 4.69) is 22.0 Å². The lowest BCUT2D eigenvalue weighted by Crippen LogP contribution is -2.01. The van der Waals surface area contributed by atoms with E-state index in [1.54, 1.807) is 11.3 Å². The fourth-order valence-electron chi connectivity index (χ4n) is 1.29. The topological polar surface area (TPSA) is 22.0 Å². The Labute approximate surface area is 94.3 Å². The number of aldehydes is 1. The Kier molecular flexibility index (Phi) is 2.84. The van der Waals surface area contributed by atoms with Crippen LogP contribution in [0, 0.1) is 0 Å². The lowest BCUT2D eigenvalue weighted by atomic mass is 10.3. The number of halogens is 1. The molecule has 2 heterocycles. The molecule has 0 amide bonds. The van der Waals surface area contributed by atoms with Gasteiger partial charge in [0, 0.05) is 12.7 Å². The van der Waals surface area contributed by atoms with Gasteiger partial charge in [-0.2, -0.15) is 0 Å². The van der Waals surface area contributed by atoms with Crippen molar-refractivity contribution in [3.63, 3.8) is 0 Å². The van der Waals surface area contributed by atoms with E-state index in [0.717, 1.165) is 16.6 Å². The molecular formula is C10H8BrNOS. The second-order valence-electron chi connectivity index (χ2n) is 2.90. The second-order valence-corrected chi connectivity index (χ2v) is 5.13. The summed E-state index contributed by atoms with van der Waals surface area (Å²) in [7, 11) is 0. The predicted molar refractivity (Wildman–Crippen MR) is 60.9 cm³/mol. The minimum absolute atomic E-state index is 0.711. The summed E-state index contributed by atoms with van der Waals surface area (Å²) in [6.45, 7) is 0.741. The predicted octanol–water partition coefficient (Wildman–Crippen LogP) is 3.17. The SMILES string of the molecule is O=Cc1cccn1Cc1ccsc1Br. The van der Waals surface area contributed by atoms with Crippen molar-refractivity contribution in [2.45, 2.75) is 6.54 Å². The maximum Gasteiger partial charge on any atom is 0.166 e. The van der Waals surface area contributed by atoms with Gasteiger partial charge in [-0.3, -0.25) is 4.79 Å². The van der Waals surface area contributed by atoms with Crippen LogP contribution in [0.2, 0.25) is 0 Å². The fourth-order valence-corrected chi connectivity index (χ4v) is 2.51. The summed E-state index contributed by atoms with van der Waals surface area (Å²) in [6, 6.07) is 5.75. The third kappa shape index (κ3) is 1.81. The molecule has 4 heteroatoms. The van der Waals surface area contributed by atoms with Crippen LogP contribution in [0.4, 0.5) is 0 Å². The summed E-state index contributed by atoms with van der Waals surface area (Å²) >= 11 is 5.13. The maximum atomic E-state index is 10.7. The highest BCUT2D eigenvalue weighted by molar-refractivity contribution is 9.11. The molecule has 0 N–H and O–H groups in total. The molecule has 2 aromatic heterocycles. The second kappa shape index (κ2) is 4.11. The summed E-state index contributed by atoms with van der Waals surface area (Å²) in [4.78, 5) is 10.7. The molecule has 0 saturated heterocycles. The van der Waals surface area contributed by atoms with Crippen molar-refractivity contribution in [2.24, 2.45) is 0 Å². The largest absolute Gasteiger partial charge is 0.341 e. The zero-order valence-electron chi connectivity index (χ0n) is 7.31. The van der Waals surface area contributed by atoms with E-state index in [1.807, 2.05) is 28.3 Å². The van der Waals surface area contributed by atoms with Crippen LogP contribution in [0.1, 0.15) is 16.1 Å². The van der Waals surface area contributed by atoms with Gasteiger partial charge in [0.2, 0.25) is 0 Å². The molecule has 2 nitrogen and oxygen atoms in total. The van der Waals surface area contributed by atoms with Crippen LogP contribution < -0.4 is 0 Å². The summed E-state index contributed by atoms with van der Waals surface area (Å²) < 4.78 is 3.06. The molecule has 0 radical (unpaired) electrons. The van der Waals surface area contributed by atoms with E-state index in [1.165, 1.54) is 5.56 Å². The Balaban J connectivity index is 2.27. The van der Waals surface area contributed by atoms with Gasteiger partial charge < -0.3 is 4.57 Å². The summed E-state index contributed by atoms with van der Waals surface area (Å²) in [6.07, 6.45) is 2.79. The average Bonchev–Trinajstić information content (AvgIpc) is 2.77. The number of rotatable bonds is 3. The number of carbonyl (C=O) groups is 1. The molecule has 0 aliphatic rings. The van der Waals surface area contributed by atoms with E-state index in [4.69, 9.17) is 0 Å². The maximum absolute atomic E-state index is 10.7. The number of hydrogen-bond acceptors (Lipinski definition) is 2. The summed E-state index contributed by atoms with van der Waals surface area (Å²) in [5.74, 6) is 0. The minimum atomic E-state index is 0.711. The fraction of sp³-hybridized carbons (Fsp3) is 0.100. The third-order valence-corrected chi connectivity index (χ3v) is 3.83. The van der Waals surface area contributed by atoms with Crippen LogP contribution in [-0.4, -0.2) is 10.9 Å². The molecule has 0 aliphatic carbocycles. The first-order chi connectivity index (χ1) is 6.81. The van der Waals surface area contributed by atoms with E-state index < -0.39 is 0 Å². The number of thiophene rings is 1. The molecule has 0 aliphatic heterocycles. The number of aromatic nitrogens is 1. The van der Waals surface area contributed by atoms with Gasteiger partial charge >= 0.3 is 0 Å². The van der Waals surface area contributed by atoms with Crippen molar-refractivity contribution in [3.05, 3.63) is 44.8 Å². The number of hydrogen-bond donors (Lipinski definition) is 0. The normalized spacial score (nSPS) is 10.4. The first-order valence-electron chi connectivity index (χ1n) is 4.13. The van der Waals surface area contributed by atoms with Gasteiger partial charge in [-0.15, -0.1) is 11.3 Å². The summed E-state index contributed by atoms with van der Waals surface area (Å²) in [5, 5.41) is 2.03. The van der Waals surface area contributed by atoms with Gasteiger partial charge in [-0.1, -0.05) is 0 Å². The van der Waals surface area contributed by atoms with E-state index >= 15 is 0 Å². The first kappa shape index (κ1) is 9.68. The number of carbonyl (C=O) groups excluding carboxylic acids is 1. The highest BCUT2D eigenvalue weighted by Crippen LogP contribution is 2.24. The van der Waals surface area contributed by atoms with Crippen LogP contribution >= 0.6 is 27.3 Å². The molecule has 0 aromatic carbocycles. The van der Waals surface area contributed by atoms with Crippen molar-refractivity contribution in [1.29, 1.82) is 0 Å². The average molecular weight is 270 g/mol. The van der Waals surface area contributed by atoms with Gasteiger partial charge in [0.1, 0.15) is 0 Å². The van der Waals surface area contributed by atoms with Gasteiger partial charge in [0.15, 0.2) is 6.29 Å². The van der Waals surface area contributed by atoms with E-state index in [9.17, 15) is 4.79 Å². The molecule has 0 unspecified atom stereocenters. The Morgan fingerprint density at radius 3 is 3.00 bits per heavy atom. The highest BCUT2D eigenvalue weighted by atomic mass is 79.9. The Morgan fingerprint density at radius 1 is 1.50 bits per heavy atom. The van der Waals surface area contributed by atoms with Crippen molar-refractivity contribution < 1.29 is 4.79 Å². The van der Waals surface area contributed by atoms with Gasteiger partial charge in [-0.05, 0) is 45.1 Å². The lowest BCUT2D eigenvalue weighted by molar-refractivity contribution is 0.111. The molecule has 14 heavy (non-hydrogen) atoms. The van der Waals surface area contributed by atoms with Crippen LogP contribution in [0.15, 0.2) is 33.6 Å². The lowest BCUT2D eigenvalue weighted by Gasteiger charge is -2.03. The van der Waals surface area contributed by atoms with Crippen LogP contribution in [0.5, 0.6) is 0 Å². The molecule has 2 rings (SSSR count). The Morgan fingerprint density at radius 2 is 2.36 bits per heavy atom. The monoisotopic (exact) mass is 269 g/mol. The van der Waals surface area contributed by atoms with E-state index in [-0.39, 0.29) is 0 Å². The van der Waals surface area contributed by atoms with Crippen molar-refractivity contribution in [3.8, 4) is 0 Å². The molecule has 0 saturated carbocycles. The Bertz CT molecular complexity index is 446. The molecular weight excluding hydrogens is 262 g/mol. The smallest absolute Gasteiger partial charge is 0.166 e. The van der Waals surface area contributed by atoms with Crippen LogP contribution in [0.3, 0.4) is 0 Å². The third-order valence-electron chi connectivity index (χ3n) is 2.02. The quantitative estimate of drug-likeness (QED) is 0.785. The van der Waals surface area contributed by atoms with Crippen LogP contribution in [-0.2, 0) is 6.54 Å². The molecule has 0 bridgehead atoms. The molecule has 0 atom stereocenters. The molecule has 0 fully saturated rings. The van der Waals surface area contributed by atoms with Crippen molar-refractivity contribution >= 4 is 33.6 Å². The molecule has 72 valence electrons. The molecule has 0 spiro atoms. The van der Waals surface area contributed by atoms with Crippen molar-refractivity contribution in [1.82, 2.24) is 4.57 Å². The standard InChI is InChI=1S/C10H8BrNOS/c11-10-8(3-5-14-10)6-12-4-1-2-9(12)7-13/h1-5,7H,6H2. The van der Waals surface area contributed by atoms with Crippen molar-refractivity contribution in [2.75, 3.05) is 0 Å². The zero-order chi connectivity index (χ0) is 9.97. The van der Waals surface area contributed by atoms with Gasteiger partial charge in [-0.25, -0.2) is 0 Å². The van der Waals surface area contributed by atoms with E-state index in [0.29, 0.717) is 5.69 Å². The van der Waals surface area contributed by atoms with Crippen LogP contribution in [0.25, 0.3) is 0 Å². The van der Waals surface area contributed by atoms with Gasteiger partial charge in [0.05, 0.1) is 9.48 Å². The first-order valence-corrected chi connectivity index (χ1v) is 5.80. The minimum Gasteiger partial charge on any atom is -0.341 e. The zero-order valence-corrected chi connectivity index (χ0v) is 9.72. The molecule has 2 aromatic rings.